The van der Waals surface area contributed by atoms with E-state index in [2.05, 4.69) is 26.1 Å². The van der Waals surface area contributed by atoms with Crippen LogP contribution in [0.1, 0.15) is 44.7 Å². The van der Waals surface area contributed by atoms with E-state index in [1.54, 1.807) is 12.1 Å². The number of carbonyl (C=O) groups excluding carboxylic acids is 1. The Kier molecular flexibility index (Phi) is 5.64. The molecule has 6 heteroatoms. The van der Waals surface area contributed by atoms with E-state index in [0.717, 1.165) is 11.1 Å². The van der Waals surface area contributed by atoms with Gasteiger partial charge in [0.25, 0.3) is 0 Å². The lowest BCUT2D eigenvalue weighted by molar-refractivity contribution is -0.119. The molecule has 0 spiro atoms. The second kappa shape index (κ2) is 7.68. The van der Waals surface area contributed by atoms with Gasteiger partial charge in [0, 0.05) is 12.2 Å². The Balaban J connectivity index is 1.80. The van der Waals surface area contributed by atoms with Gasteiger partial charge >= 0.3 is 0 Å². The van der Waals surface area contributed by atoms with E-state index in [4.69, 9.17) is 0 Å². The SMILES string of the molecule is Cc1ccc(NC(=O)[C@H]2CCCN2S(=O)(=O)c2ccc(C(C)(C)C)cc2)cc1. The van der Waals surface area contributed by atoms with Gasteiger partial charge in [-0.05, 0) is 55.0 Å². The second-order valence-electron chi connectivity index (χ2n) is 8.40. The zero-order valence-electron chi connectivity index (χ0n) is 16.9. The molecule has 28 heavy (non-hydrogen) atoms. The van der Waals surface area contributed by atoms with Gasteiger partial charge in [-0.15, -0.1) is 0 Å². The molecule has 0 saturated carbocycles. The molecule has 1 aliphatic rings. The van der Waals surface area contributed by atoms with Crippen molar-refractivity contribution in [2.24, 2.45) is 0 Å². The molecule has 0 aromatic heterocycles. The van der Waals surface area contributed by atoms with E-state index >= 15 is 0 Å². The van der Waals surface area contributed by atoms with Gasteiger partial charge in [0.05, 0.1) is 4.90 Å². The summed E-state index contributed by atoms with van der Waals surface area (Å²) in [4.78, 5) is 13.0. The summed E-state index contributed by atoms with van der Waals surface area (Å²) in [7, 11) is -3.72. The molecule has 1 N–H and O–H groups in total. The standard InChI is InChI=1S/C22H28N2O3S/c1-16-7-11-18(12-8-16)23-21(25)20-6-5-15-24(20)28(26,27)19-13-9-17(10-14-19)22(2,3)4/h7-14,20H,5-6,15H2,1-4H3,(H,23,25)/t20-/m1/s1. The summed E-state index contributed by atoms with van der Waals surface area (Å²) >= 11 is 0. The number of rotatable bonds is 4. The summed E-state index contributed by atoms with van der Waals surface area (Å²) in [6, 6.07) is 13.8. The Labute approximate surface area is 167 Å². The molecule has 2 aromatic carbocycles. The zero-order valence-corrected chi connectivity index (χ0v) is 17.7. The highest BCUT2D eigenvalue weighted by Gasteiger charge is 2.39. The van der Waals surface area contributed by atoms with Gasteiger partial charge < -0.3 is 5.32 Å². The van der Waals surface area contributed by atoms with Gasteiger partial charge in [0.2, 0.25) is 15.9 Å². The van der Waals surface area contributed by atoms with Gasteiger partial charge in [-0.25, -0.2) is 8.42 Å². The van der Waals surface area contributed by atoms with E-state index < -0.39 is 16.1 Å². The summed E-state index contributed by atoms with van der Waals surface area (Å²) in [5.74, 6) is -0.281. The van der Waals surface area contributed by atoms with Gasteiger partial charge in [0.15, 0.2) is 0 Å². The lowest BCUT2D eigenvalue weighted by atomic mass is 9.87. The number of sulfonamides is 1. The molecule has 2 aromatic rings. The Morgan fingerprint density at radius 3 is 2.21 bits per heavy atom. The molecular formula is C22H28N2O3S. The van der Waals surface area contributed by atoms with Crippen LogP contribution in [0.25, 0.3) is 0 Å². The third-order valence-corrected chi connectivity index (χ3v) is 7.07. The van der Waals surface area contributed by atoms with Crippen LogP contribution in [0.5, 0.6) is 0 Å². The van der Waals surface area contributed by atoms with Gasteiger partial charge in [-0.1, -0.05) is 50.6 Å². The predicted molar refractivity (Wildman–Crippen MR) is 112 cm³/mol. The number of carbonyl (C=O) groups is 1. The van der Waals surface area contributed by atoms with E-state index in [1.807, 2.05) is 43.3 Å². The molecule has 1 heterocycles. The Hall–Kier alpha value is -2.18. The second-order valence-corrected chi connectivity index (χ2v) is 10.3. The van der Waals surface area contributed by atoms with Crippen LogP contribution in [0.4, 0.5) is 5.69 Å². The summed E-state index contributed by atoms with van der Waals surface area (Å²) in [6.07, 6.45) is 1.20. The monoisotopic (exact) mass is 400 g/mol. The zero-order chi connectivity index (χ0) is 20.5. The Morgan fingerprint density at radius 2 is 1.64 bits per heavy atom. The van der Waals surface area contributed by atoms with E-state index in [-0.39, 0.29) is 16.2 Å². The summed E-state index contributed by atoms with van der Waals surface area (Å²) in [6.45, 7) is 8.59. The van der Waals surface area contributed by atoms with Crippen LogP contribution >= 0.6 is 0 Å². The molecule has 0 bridgehead atoms. The van der Waals surface area contributed by atoms with Crippen molar-refractivity contribution in [2.45, 2.75) is 56.9 Å². The lowest BCUT2D eigenvalue weighted by Crippen LogP contribution is -2.43. The summed E-state index contributed by atoms with van der Waals surface area (Å²) in [5.41, 5.74) is 2.80. The third kappa shape index (κ3) is 4.28. The maximum absolute atomic E-state index is 13.2. The van der Waals surface area contributed by atoms with Crippen molar-refractivity contribution in [3.8, 4) is 0 Å². The topological polar surface area (TPSA) is 66.5 Å². The normalized spacial score (nSPS) is 18.2. The van der Waals surface area contributed by atoms with E-state index in [9.17, 15) is 13.2 Å². The number of nitrogens with zero attached hydrogens (tertiary/aromatic N) is 1. The van der Waals surface area contributed by atoms with Crippen molar-refractivity contribution in [3.05, 3.63) is 59.7 Å². The van der Waals surface area contributed by atoms with Crippen molar-refractivity contribution in [1.29, 1.82) is 0 Å². The molecule has 1 atom stereocenters. The number of nitrogens with one attached hydrogen (secondary N) is 1. The molecule has 1 aliphatic heterocycles. The molecule has 3 rings (SSSR count). The van der Waals surface area contributed by atoms with Crippen LogP contribution in [-0.2, 0) is 20.2 Å². The molecule has 1 amide bonds. The highest BCUT2D eigenvalue weighted by molar-refractivity contribution is 7.89. The predicted octanol–water partition coefficient (Wildman–Crippen LogP) is 4.08. The van der Waals surface area contributed by atoms with Gasteiger partial charge in [0.1, 0.15) is 6.04 Å². The van der Waals surface area contributed by atoms with Crippen molar-refractivity contribution in [2.75, 3.05) is 11.9 Å². The van der Waals surface area contributed by atoms with Crippen molar-refractivity contribution >= 4 is 21.6 Å². The minimum absolute atomic E-state index is 0.0492. The van der Waals surface area contributed by atoms with Crippen molar-refractivity contribution in [1.82, 2.24) is 4.31 Å². The number of hydrogen-bond donors (Lipinski definition) is 1. The largest absolute Gasteiger partial charge is 0.325 e. The highest BCUT2D eigenvalue weighted by atomic mass is 32.2. The smallest absolute Gasteiger partial charge is 0.243 e. The van der Waals surface area contributed by atoms with Crippen LogP contribution in [0.15, 0.2) is 53.4 Å². The Morgan fingerprint density at radius 1 is 1.04 bits per heavy atom. The first-order chi connectivity index (χ1) is 13.1. The lowest BCUT2D eigenvalue weighted by Gasteiger charge is -2.24. The minimum Gasteiger partial charge on any atom is -0.325 e. The number of anilines is 1. The molecular weight excluding hydrogens is 372 g/mol. The summed E-state index contributed by atoms with van der Waals surface area (Å²) in [5, 5.41) is 2.85. The summed E-state index contributed by atoms with van der Waals surface area (Å²) < 4.78 is 27.6. The van der Waals surface area contributed by atoms with E-state index in [0.29, 0.717) is 25.1 Å². The first-order valence-corrected chi connectivity index (χ1v) is 11.0. The molecule has 1 fully saturated rings. The molecule has 150 valence electrons. The van der Waals surface area contributed by atoms with Crippen LogP contribution in [0.2, 0.25) is 0 Å². The average Bonchev–Trinajstić information content (AvgIpc) is 3.14. The quantitative estimate of drug-likeness (QED) is 0.841. The third-order valence-electron chi connectivity index (χ3n) is 5.15. The van der Waals surface area contributed by atoms with Crippen LogP contribution in [0.3, 0.4) is 0 Å². The number of amides is 1. The number of aryl methyl sites for hydroxylation is 1. The fourth-order valence-corrected chi connectivity index (χ4v) is 5.07. The van der Waals surface area contributed by atoms with Gasteiger partial charge in [-0.2, -0.15) is 4.31 Å². The Bertz CT molecular complexity index is 943. The maximum atomic E-state index is 13.2. The fraction of sp³-hybridized carbons (Fsp3) is 0.409. The molecule has 1 saturated heterocycles. The van der Waals surface area contributed by atoms with E-state index in [1.165, 1.54) is 4.31 Å². The van der Waals surface area contributed by atoms with Gasteiger partial charge in [-0.3, -0.25) is 4.79 Å². The van der Waals surface area contributed by atoms with Crippen LogP contribution < -0.4 is 5.32 Å². The maximum Gasteiger partial charge on any atom is 0.243 e. The fourth-order valence-electron chi connectivity index (χ4n) is 3.41. The molecule has 5 nitrogen and oxygen atoms in total. The molecule has 0 aliphatic carbocycles. The van der Waals surface area contributed by atoms with Crippen molar-refractivity contribution < 1.29 is 13.2 Å². The molecule has 0 radical (unpaired) electrons. The minimum atomic E-state index is -3.72. The highest BCUT2D eigenvalue weighted by Crippen LogP contribution is 2.29. The molecule has 0 unspecified atom stereocenters. The average molecular weight is 401 g/mol. The first kappa shape index (κ1) is 20.6. The van der Waals surface area contributed by atoms with Crippen LogP contribution in [0, 0.1) is 6.92 Å². The van der Waals surface area contributed by atoms with Crippen molar-refractivity contribution in [3.63, 3.8) is 0 Å². The first-order valence-electron chi connectivity index (χ1n) is 9.59. The van der Waals surface area contributed by atoms with Crippen LogP contribution in [-0.4, -0.2) is 31.2 Å². The number of hydrogen-bond acceptors (Lipinski definition) is 3. The number of benzene rings is 2.